The lowest BCUT2D eigenvalue weighted by Crippen LogP contribution is -2.15. The van der Waals surface area contributed by atoms with Crippen LogP contribution in [0, 0.1) is 3.57 Å². The van der Waals surface area contributed by atoms with E-state index in [0.29, 0.717) is 22.7 Å². The van der Waals surface area contributed by atoms with Crippen molar-refractivity contribution in [1.29, 1.82) is 0 Å². The van der Waals surface area contributed by atoms with Gasteiger partial charge in [-0.2, -0.15) is 0 Å². The maximum Gasteiger partial charge on any atom is 0.256 e. The maximum absolute atomic E-state index is 12.6. The van der Waals surface area contributed by atoms with E-state index in [4.69, 9.17) is 0 Å². The number of para-hydroxylation sites is 3. The van der Waals surface area contributed by atoms with Crippen molar-refractivity contribution in [3.05, 3.63) is 88.0 Å². The summed E-state index contributed by atoms with van der Waals surface area (Å²) in [6.45, 7) is 0. The average molecular weight is 466 g/mol. The molecular weight excluding hydrogens is 451 g/mol. The molecule has 0 fully saturated rings. The van der Waals surface area contributed by atoms with Gasteiger partial charge in [-0.1, -0.05) is 42.5 Å². The normalized spacial score (nSPS) is 10.6. The lowest BCUT2D eigenvalue weighted by atomic mass is 10.2. The van der Waals surface area contributed by atoms with E-state index in [-0.39, 0.29) is 5.91 Å². The molecule has 0 bridgehead atoms. The molecule has 0 unspecified atom stereocenters. The van der Waals surface area contributed by atoms with Crippen LogP contribution in [-0.2, 0) is 0 Å². The lowest BCUT2D eigenvalue weighted by Gasteiger charge is -2.13. The van der Waals surface area contributed by atoms with Gasteiger partial charge in [0.1, 0.15) is 0 Å². The van der Waals surface area contributed by atoms with Crippen LogP contribution in [-0.4, -0.2) is 15.9 Å². The molecule has 5 nitrogen and oxygen atoms in total. The van der Waals surface area contributed by atoms with E-state index in [0.717, 1.165) is 14.8 Å². The fourth-order valence-corrected chi connectivity index (χ4v) is 3.16. The van der Waals surface area contributed by atoms with Crippen molar-refractivity contribution in [2.24, 2.45) is 0 Å². The van der Waals surface area contributed by atoms with Gasteiger partial charge in [-0.25, -0.2) is 9.97 Å². The second-order valence-corrected chi connectivity index (χ2v) is 7.00. The quantitative estimate of drug-likeness (QED) is 0.405. The zero-order valence-electron chi connectivity index (χ0n) is 14.2. The summed E-state index contributed by atoms with van der Waals surface area (Å²) < 4.78 is 1.05. The Labute approximate surface area is 170 Å². The van der Waals surface area contributed by atoms with Crippen LogP contribution in [0.2, 0.25) is 0 Å². The summed E-state index contributed by atoms with van der Waals surface area (Å²) in [7, 11) is 0. The highest BCUT2D eigenvalue weighted by Gasteiger charge is 2.14. The van der Waals surface area contributed by atoms with E-state index in [1.165, 1.54) is 0 Å². The minimum atomic E-state index is -0.231. The number of benzene rings is 3. The zero-order valence-corrected chi connectivity index (χ0v) is 16.3. The molecule has 1 amide bonds. The molecule has 2 N–H and O–H groups in total. The van der Waals surface area contributed by atoms with Crippen molar-refractivity contribution in [1.82, 2.24) is 9.97 Å². The molecule has 0 aliphatic carbocycles. The smallest absolute Gasteiger partial charge is 0.256 e. The summed E-state index contributed by atoms with van der Waals surface area (Å²) in [6, 6.07) is 24.5. The number of halogens is 1. The van der Waals surface area contributed by atoms with E-state index < -0.39 is 0 Å². The van der Waals surface area contributed by atoms with Crippen LogP contribution in [0.5, 0.6) is 0 Å². The molecule has 1 heterocycles. The molecule has 0 saturated heterocycles. The van der Waals surface area contributed by atoms with Crippen LogP contribution < -0.4 is 10.6 Å². The Kier molecular flexibility index (Phi) is 4.97. The molecular formula is C21H15IN4O. The number of anilines is 3. The fraction of sp³-hybridized carbons (Fsp3) is 0. The summed E-state index contributed by atoms with van der Waals surface area (Å²) in [5, 5.41) is 6.18. The highest BCUT2D eigenvalue weighted by molar-refractivity contribution is 14.1. The SMILES string of the molecule is O=C(Nc1nc2ccccc2nc1Nc1ccccc1I)c1ccccc1. The number of hydrogen-bond acceptors (Lipinski definition) is 4. The second kappa shape index (κ2) is 7.71. The number of nitrogens with zero attached hydrogens (tertiary/aromatic N) is 2. The molecule has 0 radical (unpaired) electrons. The summed E-state index contributed by atoms with van der Waals surface area (Å²) in [5.41, 5.74) is 2.93. The Bertz CT molecular complexity index is 1120. The molecule has 0 atom stereocenters. The van der Waals surface area contributed by atoms with Gasteiger partial charge in [0.2, 0.25) is 0 Å². The molecule has 3 aromatic carbocycles. The van der Waals surface area contributed by atoms with Gasteiger partial charge in [-0.15, -0.1) is 0 Å². The summed E-state index contributed by atoms with van der Waals surface area (Å²) in [4.78, 5) is 21.9. The van der Waals surface area contributed by atoms with Crippen LogP contribution in [0.25, 0.3) is 11.0 Å². The second-order valence-electron chi connectivity index (χ2n) is 5.83. The first-order valence-corrected chi connectivity index (χ1v) is 9.43. The maximum atomic E-state index is 12.6. The first kappa shape index (κ1) is 17.4. The van der Waals surface area contributed by atoms with Gasteiger partial charge in [0.15, 0.2) is 11.6 Å². The number of fused-ring (bicyclic) bond motifs is 1. The Morgan fingerprint density at radius 3 is 2.04 bits per heavy atom. The summed E-state index contributed by atoms with van der Waals surface area (Å²) in [6.07, 6.45) is 0. The van der Waals surface area contributed by atoms with Gasteiger partial charge in [0.25, 0.3) is 5.91 Å². The van der Waals surface area contributed by atoms with E-state index in [1.807, 2.05) is 66.7 Å². The van der Waals surface area contributed by atoms with Gasteiger partial charge in [-0.05, 0) is 59.0 Å². The Hall–Kier alpha value is -3.00. The molecule has 1 aromatic heterocycles. The highest BCUT2D eigenvalue weighted by Crippen LogP contribution is 2.27. The third kappa shape index (κ3) is 3.90. The molecule has 0 aliphatic rings. The third-order valence-electron chi connectivity index (χ3n) is 3.97. The number of hydrogen-bond donors (Lipinski definition) is 2. The van der Waals surface area contributed by atoms with Gasteiger partial charge >= 0.3 is 0 Å². The van der Waals surface area contributed by atoms with Crippen LogP contribution >= 0.6 is 22.6 Å². The zero-order chi connectivity index (χ0) is 18.6. The molecule has 0 spiro atoms. The molecule has 0 saturated carbocycles. The molecule has 27 heavy (non-hydrogen) atoms. The summed E-state index contributed by atoms with van der Waals surface area (Å²) >= 11 is 2.25. The minimum absolute atomic E-state index is 0.231. The van der Waals surface area contributed by atoms with E-state index >= 15 is 0 Å². The molecule has 132 valence electrons. The number of carbonyl (C=O) groups excluding carboxylic acids is 1. The van der Waals surface area contributed by atoms with Crippen LogP contribution in [0.4, 0.5) is 17.3 Å². The number of aromatic nitrogens is 2. The van der Waals surface area contributed by atoms with Crippen molar-refractivity contribution in [3.8, 4) is 0 Å². The van der Waals surface area contributed by atoms with Crippen LogP contribution in [0.1, 0.15) is 10.4 Å². The van der Waals surface area contributed by atoms with Gasteiger partial charge in [-0.3, -0.25) is 4.79 Å². The fourth-order valence-electron chi connectivity index (χ4n) is 2.63. The van der Waals surface area contributed by atoms with Crippen molar-refractivity contribution >= 4 is 56.9 Å². The topological polar surface area (TPSA) is 66.9 Å². The van der Waals surface area contributed by atoms with Crippen molar-refractivity contribution in [3.63, 3.8) is 0 Å². The van der Waals surface area contributed by atoms with Crippen molar-refractivity contribution in [2.45, 2.75) is 0 Å². The Balaban J connectivity index is 1.75. The molecule has 0 aliphatic heterocycles. The predicted octanol–water partition coefficient (Wildman–Crippen LogP) is 5.23. The van der Waals surface area contributed by atoms with Gasteiger partial charge in [0, 0.05) is 9.13 Å². The molecule has 6 heteroatoms. The average Bonchev–Trinajstić information content (AvgIpc) is 2.70. The first-order chi connectivity index (χ1) is 13.2. The van der Waals surface area contributed by atoms with Crippen LogP contribution in [0.3, 0.4) is 0 Å². The number of nitrogens with one attached hydrogen (secondary N) is 2. The van der Waals surface area contributed by atoms with Crippen molar-refractivity contribution < 1.29 is 4.79 Å². The number of rotatable bonds is 4. The highest BCUT2D eigenvalue weighted by atomic mass is 127. The largest absolute Gasteiger partial charge is 0.336 e. The first-order valence-electron chi connectivity index (χ1n) is 8.35. The number of amides is 1. The van der Waals surface area contributed by atoms with Gasteiger partial charge in [0.05, 0.1) is 16.7 Å². The Morgan fingerprint density at radius 2 is 1.33 bits per heavy atom. The van der Waals surface area contributed by atoms with E-state index in [1.54, 1.807) is 12.1 Å². The van der Waals surface area contributed by atoms with Gasteiger partial charge < -0.3 is 10.6 Å². The van der Waals surface area contributed by atoms with E-state index in [9.17, 15) is 4.79 Å². The van der Waals surface area contributed by atoms with Crippen molar-refractivity contribution in [2.75, 3.05) is 10.6 Å². The third-order valence-corrected chi connectivity index (χ3v) is 4.91. The van der Waals surface area contributed by atoms with E-state index in [2.05, 4.69) is 43.2 Å². The van der Waals surface area contributed by atoms with Crippen LogP contribution in [0.15, 0.2) is 78.9 Å². The predicted molar refractivity (Wildman–Crippen MR) is 116 cm³/mol. The molecule has 4 aromatic rings. The monoisotopic (exact) mass is 466 g/mol. The standard InChI is InChI=1S/C21H15IN4O/c22-15-10-4-5-11-16(15)23-19-20(25-18-13-7-6-12-17(18)24-19)26-21(27)14-8-2-1-3-9-14/h1-13H,(H,23,24)(H,25,26,27). The number of carbonyl (C=O) groups is 1. The molecule has 4 rings (SSSR count). The lowest BCUT2D eigenvalue weighted by molar-refractivity contribution is 0.102. The minimum Gasteiger partial charge on any atom is -0.336 e. The Morgan fingerprint density at radius 1 is 0.741 bits per heavy atom. The summed E-state index contributed by atoms with van der Waals surface area (Å²) in [5.74, 6) is 0.662.